The SMILES string of the molecule is CC1=C(C)CC(C)(S(C)(=O)=Nc2ccccc2)S(=O)C1. The van der Waals surface area contributed by atoms with Crippen LogP contribution in [0.5, 0.6) is 0 Å². The van der Waals surface area contributed by atoms with Gasteiger partial charge in [-0.15, -0.1) is 0 Å². The smallest absolute Gasteiger partial charge is 0.130 e. The Hall–Kier alpha value is -0.940. The predicted molar refractivity (Wildman–Crippen MR) is 87.0 cm³/mol. The van der Waals surface area contributed by atoms with Crippen molar-refractivity contribution in [2.45, 2.75) is 31.3 Å². The summed E-state index contributed by atoms with van der Waals surface area (Å²) in [5, 5.41) is 0. The highest BCUT2D eigenvalue weighted by Gasteiger charge is 2.43. The van der Waals surface area contributed by atoms with Gasteiger partial charge in [-0.05, 0) is 39.3 Å². The molecule has 0 bridgehead atoms. The summed E-state index contributed by atoms with van der Waals surface area (Å²) in [5.74, 6) is 0.497. The van der Waals surface area contributed by atoms with Gasteiger partial charge in [-0.3, -0.25) is 4.21 Å². The van der Waals surface area contributed by atoms with E-state index in [0.29, 0.717) is 17.9 Å². The molecule has 0 N–H and O–H groups in total. The van der Waals surface area contributed by atoms with Crippen molar-refractivity contribution in [1.29, 1.82) is 0 Å². The first kappa shape index (κ1) is 15.4. The molecule has 3 unspecified atom stereocenters. The molecule has 20 heavy (non-hydrogen) atoms. The van der Waals surface area contributed by atoms with Crippen molar-refractivity contribution in [2.24, 2.45) is 4.36 Å². The average Bonchev–Trinajstić information content (AvgIpc) is 2.37. The molecule has 1 aromatic carbocycles. The first-order chi connectivity index (χ1) is 9.26. The van der Waals surface area contributed by atoms with E-state index < -0.39 is 24.6 Å². The largest absolute Gasteiger partial charge is 0.258 e. The fraction of sp³-hybridized carbons (Fsp3) is 0.467. The Labute approximate surface area is 124 Å². The van der Waals surface area contributed by atoms with Gasteiger partial charge in [0.1, 0.15) is 4.08 Å². The van der Waals surface area contributed by atoms with Gasteiger partial charge in [-0.1, -0.05) is 29.3 Å². The molecule has 2 rings (SSSR count). The summed E-state index contributed by atoms with van der Waals surface area (Å²) >= 11 is 0. The van der Waals surface area contributed by atoms with E-state index in [1.54, 1.807) is 6.26 Å². The topological polar surface area (TPSA) is 46.5 Å². The van der Waals surface area contributed by atoms with Crippen molar-refractivity contribution < 1.29 is 8.42 Å². The van der Waals surface area contributed by atoms with E-state index in [9.17, 15) is 8.42 Å². The molecule has 3 nitrogen and oxygen atoms in total. The maximum atomic E-state index is 13.1. The van der Waals surface area contributed by atoms with Crippen LogP contribution in [0.2, 0.25) is 0 Å². The monoisotopic (exact) mass is 311 g/mol. The highest BCUT2D eigenvalue weighted by molar-refractivity contribution is 8.08. The molecule has 0 fully saturated rings. The Morgan fingerprint density at radius 1 is 1.20 bits per heavy atom. The van der Waals surface area contributed by atoms with Crippen molar-refractivity contribution in [3.8, 4) is 0 Å². The number of nitrogens with zero attached hydrogens (tertiary/aromatic N) is 1. The quantitative estimate of drug-likeness (QED) is 0.783. The molecule has 3 atom stereocenters. The van der Waals surface area contributed by atoms with Crippen LogP contribution in [0.3, 0.4) is 0 Å². The zero-order valence-electron chi connectivity index (χ0n) is 12.4. The van der Waals surface area contributed by atoms with Gasteiger partial charge >= 0.3 is 0 Å². The van der Waals surface area contributed by atoms with Gasteiger partial charge in [-0.25, -0.2) is 4.21 Å². The maximum absolute atomic E-state index is 13.1. The van der Waals surface area contributed by atoms with Crippen LogP contribution in [0.15, 0.2) is 45.8 Å². The number of hydrogen-bond donors (Lipinski definition) is 0. The van der Waals surface area contributed by atoms with E-state index in [4.69, 9.17) is 0 Å². The van der Waals surface area contributed by atoms with Gasteiger partial charge in [0.2, 0.25) is 0 Å². The first-order valence-corrected chi connectivity index (χ1v) is 9.81. The van der Waals surface area contributed by atoms with Gasteiger partial charge in [0.15, 0.2) is 0 Å². The van der Waals surface area contributed by atoms with E-state index in [1.165, 1.54) is 5.57 Å². The van der Waals surface area contributed by atoms with Gasteiger partial charge in [-0.2, -0.15) is 4.36 Å². The van der Waals surface area contributed by atoms with E-state index in [2.05, 4.69) is 4.36 Å². The number of hydrogen-bond acceptors (Lipinski definition) is 3. The minimum atomic E-state index is -2.60. The zero-order valence-corrected chi connectivity index (χ0v) is 14.0. The summed E-state index contributed by atoms with van der Waals surface area (Å²) in [5.41, 5.74) is 3.02. The molecule has 5 heteroatoms. The Kier molecular flexibility index (Phi) is 4.21. The van der Waals surface area contributed by atoms with Crippen molar-refractivity contribution in [2.75, 3.05) is 12.0 Å². The molecule has 0 saturated carbocycles. The van der Waals surface area contributed by atoms with Crippen molar-refractivity contribution >= 4 is 26.2 Å². The van der Waals surface area contributed by atoms with Crippen LogP contribution in [0, 0.1) is 0 Å². The molecule has 0 spiro atoms. The lowest BCUT2D eigenvalue weighted by Crippen LogP contribution is -2.43. The van der Waals surface area contributed by atoms with Crippen LogP contribution >= 0.6 is 0 Å². The third-order valence-corrected chi connectivity index (χ3v) is 9.58. The molecule has 1 aromatic rings. The van der Waals surface area contributed by atoms with Gasteiger partial charge in [0.05, 0.1) is 15.4 Å². The van der Waals surface area contributed by atoms with E-state index >= 15 is 0 Å². The summed E-state index contributed by atoms with van der Waals surface area (Å²) in [7, 11) is -3.77. The fourth-order valence-electron chi connectivity index (χ4n) is 2.28. The summed E-state index contributed by atoms with van der Waals surface area (Å²) in [4.78, 5) is 0. The minimum Gasteiger partial charge on any atom is -0.258 e. The molecular formula is C15H21NO2S2. The van der Waals surface area contributed by atoms with Gasteiger partial charge in [0.25, 0.3) is 0 Å². The normalized spacial score (nSPS) is 29.9. The third-order valence-electron chi connectivity index (χ3n) is 3.98. The van der Waals surface area contributed by atoms with Crippen LogP contribution in [0.4, 0.5) is 5.69 Å². The standard InChI is InChI=1S/C15H21NO2S2/c1-12-10-15(3,19(17)11-13(12)2)20(4,18)16-14-8-6-5-7-9-14/h5-9H,10-11H2,1-4H3. The third kappa shape index (κ3) is 2.74. The van der Waals surface area contributed by atoms with Crippen molar-refractivity contribution in [3.63, 3.8) is 0 Å². The second-order valence-corrected chi connectivity index (χ2v) is 10.4. The first-order valence-electron chi connectivity index (χ1n) is 6.57. The second-order valence-electron chi connectivity index (χ2n) is 5.59. The lowest BCUT2D eigenvalue weighted by molar-refractivity contribution is 0.635. The highest BCUT2D eigenvalue weighted by Crippen LogP contribution is 2.37. The second kappa shape index (κ2) is 5.45. The fourth-order valence-corrected chi connectivity index (χ4v) is 6.47. The van der Waals surface area contributed by atoms with Crippen LogP contribution in [-0.4, -0.2) is 24.5 Å². The Balaban J connectivity index is 2.51. The van der Waals surface area contributed by atoms with E-state index in [1.807, 2.05) is 51.1 Å². The molecule has 1 heterocycles. The number of allylic oxidation sites excluding steroid dienone is 1. The van der Waals surface area contributed by atoms with Crippen LogP contribution in [0.25, 0.3) is 0 Å². The molecule has 0 saturated heterocycles. The summed E-state index contributed by atoms with van der Waals surface area (Å²) in [6.07, 6.45) is 2.21. The Bertz CT molecular complexity index is 685. The van der Waals surface area contributed by atoms with Crippen molar-refractivity contribution in [1.82, 2.24) is 0 Å². The predicted octanol–water partition coefficient (Wildman–Crippen LogP) is 3.62. The lowest BCUT2D eigenvalue weighted by atomic mass is 10.1. The molecule has 110 valence electrons. The molecular weight excluding hydrogens is 290 g/mol. The summed E-state index contributed by atoms with van der Waals surface area (Å²) in [6.45, 7) is 5.87. The molecule has 0 aliphatic carbocycles. The average molecular weight is 311 g/mol. The van der Waals surface area contributed by atoms with Crippen molar-refractivity contribution in [3.05, 3.63) is 41.5 Å². The number of rotatable bonds is 2. The van der Waals surface area contributed by atoms with E-state index in [-0.39, 0.29) is 0 Å². The van der Waals surface area contributed by atoms with Crippen LogP contribution in [-0.2, 0) is 20.5 Å². The summed E-state index contributed by atoms with van der Waals surface area (Å²) in [6, 6.07) is 9.28. The lowest BCUT2D eigenvalue weighted by Gasteiger charge is -2.34. The molecule has 1 aliphatic heterocycles. The van der Waals surface area contributed by atoms with Gasteiger partial charge in [0, 0.05) is 22.8 Å². The Morgan fingerprint density at radius 2 is 1.80 bits per heavy atom. The van der Waals surface area contributed by atoms with Crippen LogP contribution in [0.1, 0.15) is 27.2 Å². The molecule has 0 aromatic heterocycles. The van der Waals surface area contributed by atoms with Gasteiger partial charge < -0.3 is 0 Å². The maximum Gasteiger partial charge on any atom is 0.130 e. The zero-order chi connectivity index (χ0) is 15.0. The van der Waals surface area contributed by atoms with E-state index in [0.717, 1.165) is 5.57 Å². The Morgan fingerprint density at radius 3 is 2.40 bits per heavy atom. The van der Waals surface area contributed by atoms with Crippen LogP contribution < -0.4 is 0 Å². The molecule has 1 aliphatic rings. The number of benzene rings is 1. The minimum absolute atomic E-state index is 0.497. The molecule has 0 radical (unpaired) electrons. The molecule has 0 amide bonds. The highest BCUT2D eigenvalue weighted by atomic mass is 32.3. The summed E-state index contributed by atoms with van der Waals surface area (Å²) < 4.78 is 29.3.